The highest BCUT2D eigenvalue weighted by Gasteiger charge is 2.33. The summed E-state index contributed by atoms with van der Waals surface area (Å²) >= 11 is 0. The minimum Gasteiger partial charge on any atom is -0.361 e. The van der Waals surface area contributed by atoms with Crippen molar-refractivity contribution < 1.29 is 9.59 Å². The maximum atomic E-state index is 12.0. The highest BCUT2D eigenvalue weighted by Crippen LogP contribution is 2.34. The Hall–Kier alpha value is -1.84. The molecule has 108 valence electrons. The standard InChI is InChI=1S/C16H22N2O2/c1-10-4-7-14(18(9-10)16(20)15(17)19)13-6-5-11(2)12(3)8-13/h5-6,8,10,14H,4,7,9H2,1-3H3,(H2,17,19)/t10-,14?/m0/s1. The molecule has 0 aliphatic carbocycles. The zero-order valence-corrected chi connectivity index (χ0v) is 12.3. The van der Waals surface area contributed by atoms with E-state index in [1.807, 2.05) is 6.07 Å². The van der Waals surface area contributed by atoms with Crippen molar-refractivity contribution in [3.05, 3.63) is 34.9 Å². The zero-order valence-electron chi connectivity index (χ0n) is 12.3. The van der Waals surface area contributed by atoms with Crippen LogP contribution in [0.15, 0.2) is 18.2 Å². The van der Waals surface area contributed by atoms with Crippen molar-refractivity contribution in [1.29, 1.82) is 0 Å². The number of hydrogen-bond acceptors (Lipinski definition) is 2. The van der Waals surface area contributed by atoms with Gasteiger partial charge in [-0.2, -0.15) is 0 Å². The van der Waals surface area contributed by atoms with Crippen LogP contribution < -0.4 is 5.73 Å². The van der Waals surface area contributed by atoms with E-state index in [9.17, 15) is 9.59 Å². The number of benzene rings is 1. The van der Waals surface area contributed by atoms with Crippen molar-refractivity contribution >= 4 is 11.8 Å². The average Bonchev–Trinajstić information content (AvgIpc) is 2.41. The van der Waals surface area contributed by atoms with Gasteiger partial charge in [-0.05, 0) is 49.3 Å². The summed E-state index contributed by atoms with van der Waals surface area (Å²) in [5, 5.41) is 0. The fraction of sp³-hybridized carbons (Fsp3) is 0.500. The van der Waals surface area contributed by atoms with Gasteiger partial charge in [0, 0.05) is 6.54 Å². The third-order valence-electron chi connectivity index (χ3n) is 4.20. The van der Waals surface area contributed by atoms with E-state index in [0.29, 0.717) is 12.5 Å². The van der Waals surface area contributed by atoms with Crippen LogP contribution in [-0.2, 0) is 9.59 Å². The molecule has 1 aromatic carbocycles. The van der Waals surface area contributed by atoms with Crippen LogP contribution >= 0.6 is 0 Å². The molecule has 0 aromatic heterocycles. The predicted octanol–water partition coefficient (Wildman–Crippen LogP) is 2.09. The number of likely N-dealkylation sites (tertiary alicyclic amines) is 1. The molecule has 0 radical (unpaired) electrons. The molecule has 2 N–H and O–H groups in total. The van der Waals surface area contributed by atoms with E-state index in [2.05, 4.69) is 32.9 Å². The molecule has 0 spiro atoms. The Bertz CT molecular complexity index is 539. The number of rotatable bonds is 1. The molecule has 2 atom stereocenters. The first-order valence-electron chi connectivity index (χ1n) is 7.07. The Balaban J connectivity index is 2.33. The zero-order chi connectivity index (χ0) is 14.9. The van der Waals surface area contributed by atoms with Gasteiger partial charge < -0.3 is 10.6 Å². The van der Waals surface area contributed by atoms with Gasteiger partial charge in [0.1, 0.15) is 0 Å². The quantitative estimate of drug-likeness (QED) is 0.797. The number of primary amides is 1. The average molecular weight is 274 g/mol. The van der Waals surface area contributed by atoms with Gasteiger partial charge >= 0.3 is 11.8 Å². The molecule has 1 saturated heterocycles. The molecular formula is C16H22N2O2. The van der Waals surface area contributed by atoms with E-state index < -0.39 is 11.8 Å². The SMILES string of the molecule is Cc1ccc(C2CC[C@H](C)CN2C(=O)C(N)=O)cc1C. The molecule has 1 fully saturated rings. The number of amides is 2. The second-order valence-corrected chi connectivity index (χ2v) is 5.86. The predicted molar refractivity (Wildman–Crippen MR) is 78.0 cm³/mol. The Morgan fingerprint density at radius 1 is 1.20 bits per heavy atom. The van der Waals surface area contributed by atoms with Crippen molar-refractivity contribution in [2.45, 2.75) is 39.7 Å². The number of carbonyl (C=O) groups excluding carboxylic acids is 2. The summed E-state index contributed by atoms with van der Waals surface area (Å²) in [5.74, 6) is -1.03. The normalized spacial score (nSPS) is 22.6. The fourth-order valence-corrected chi connectivity index (χ4v) is 2.84. The second-order valence-electron chi connectivity index (χ2n) is 5.86. The molecule has 1 unspecified atom stereocenters. The number of piperidine rings is 1. The lowest BCUT2D eigenvalue weighted by molar-refractivity contribution is -0.147. The smallest absolute Gasteiger partial charge is 0.312 e. The molecule has 20 heavy (non-hydrogen) atoms. The van der Waals surface area contributed by atoms with E-state index in [1.165, 1.54) is 11.1 Å². The third-order valence-corrected chi connectivity index (χ3v) is 4.20. The number of nitrogens with two attached hydrogens (primary N) is 1. The van der Waals surface area contributed by atoms with Gasteiger partial charge in [0.2, 0.25) is 0 Å². The summed E-state index contributed by atoms with van der Waals surface area (Å²) in [6, 6.07) is 6.18. The second kappa shape index (κ2) is 5.65. The highest BCUT2D eigenvalue weighted by atomic mass is 16.2. The molecule has 1 heterocycles. The van der Waals surface area contributed by atoms with Gasteiger partial charge in [-0.1, -0.05) is 25.1 Å². The van der Waals surface area contributed by atoms with Crippen LogP contribution in [0.2, 0.25) is 0 Å². The Labute approximate surface area is 119 Å². The van der Waals surface area contributed by atoms with Gasteiger partial charge in [-0.15, -0.1) is 0 Å². The Kier molecular flexibility index (Phi) is 4.12. The van der Waals surface area contributed by atoms with Gasteiger partial charge in [-0.25, -0.2) is 0 Å². The van der Waals surface area contributed by atoms with E-state index in [4.69, 9.17) is 5.73 Å². The molecule has 0 saturated carbocycles. The van der Waals surface area contributed by atoms with Gasteiger partial charge in [0.25, 0.3) is 0 Å². The lowest BCUT2D eigenvalue weighted by Crippen LogP contribution is -2.46. The maximum Gasteiger partial charge on any atom is 0.312 e. The highest BCUT2D eigenvalue weighted by molar-refractivity contribution is 6.34. The summed E-state index contributed by atoms with van der Waals surface area (Å²) in [6.45, 7) is 6.82. The summed E-state index contributed by atoms with van der Waals surface area (Å²) in [4.78, 5) is 24.9. The van der Waals surface area contributed by atoms with Crippen molar-refractivity contribution in [2.24, 2.45) is 11.7 Å². The molecular weight excluding hydrogens is 252 g/mol. The van der Waals surface area contributed by atoms with Crippen LogP contribution in [0.25, 0.3) is 0 Å². The molecule has 2 amide bonds. The van der Waals surface area contributed by atoms with Crippen molar-refractivity contribution in [1.82, 2.24) is 4.90 Å². The number of carbonyl (C=O) groups is 2. The first-order valence-corrected chi connectivity index (χ1v) is 7.07. The summed E-state index contributed by atoms with van der Waals surface area (Å²) in [7, 11) is 0. The molecule has 1 aliphatic heterocycles. The van der Waals surface area contributed by atoms with E-state index in [0.717, 1.165) is 18.4 Å². The Morgan fingerprint density at radius 3 is 2.50 bits per heavy atom. The lowest BCUT2D eigenvalue weighted by atomic mass is 9.88. The first kappa shape index (κ1) is 14.6. The molecule has 1 aliphatic rings. The number of aryl methyl sites for hydroxylation is 2. The van der Waals surface area contributed by atoms with Crippen molar-refractivity contribution in [2.75, 3.05) is 6.54 Å². The Morgan fingerprint density at radius 2 is 1.90 bits per heavy atom. The van der Waals surface area contributed by atoms with Crippen LogP contribution in [0, 0.1) is 19.8 Å². The van der Waals surface area contributed by atoms with Crippen molar-refractivity contribution in [3.8, 4) is 0 Å². The monoisotopic (exact) mass is 274 g/mol. The molecule has 2 rings (SSSR count). The van der Waals surface area contributed by atoms with Crippen LogP contribution in [0.4, 0.5) is 0 Å². The van der Waals surface area contributed by atoms with E-state index in [1.54, 1.807) is 4.90 Å². The van der Waals surface area contributed by atoms with E-state index >= 15 is 0 Å². The van der Waals surface area contributed by atoms with Crippen LogP contribution in [0.1, 0.15) is 42.5 Å². The van der Waals surface area contributed by atoms with Crippen LogP contribution in [0.3, 0.4) is 0 Å². The molecule has 1 aromatic rings. The first-order chi connectivity index (χ1) is 9.40. The fourth-order valence-electron chi connectivity index (χ4n) is 2.84. The summed E-state index contributed by atoms with van der Waals surface area (Å²) < 4.78 is 0. The summed E-state index contributed by atoms with van der Waals surface area (Å²) in [6.07, 6.45) is 1.93. The lowest BCUT2D eigenvalue weighted by Gasteiger charge is -2.38. The minimum atomic E-state index is -0.868. The minimum absolute atomic E-state index is 0.0366. The number of hydrogen-bond donors (Lipinski definition) is 1. The van der Waals surface area contributed by atoms with Crippen LogP contribution in [0.5, 0.6) is 0 Å². The van der Waals surface area contributed by atoms with E-state index in [-0.39, 0.29) is 6.04 Å². The maximum absolute atomic E-state index is 12.0. The third kappa shape index (κ3) is 2.84. The molecule has 4 nitrogen and oxygen atoms in total. The topological polar surface area (TPSA) is 63.4 Å². The van der Waals surface area contributed by atoms with Crippen LogP contribution in [-0.4, -0.2) is 23.3 Å². The number of nitrogens with zero attached hydrogens (tertiary/aromatic N) is 1. The van der Waals surface area contributed by atoms with Crippen molar-refractivity contribution in [3.63, 3.8) is 0 Å². The summed E-state index contributed by atoms with van der Waals surface area (Å²) in [5.41, 5.74) is 8.70. The molecule has 4 heteroatoms. The largest absolute Gasteiger partial charge is 0.361 e. The molecule has 0 bridgehead atoms. The van der Waals surface area contributed by atoms with Gasteiger partial charge in [-0.3, -0.25) is 9.59 Å². The van der Waals surface area contributed by atoms with Gasteiger partial charge in [0.15, 0.2) is 0 Å². The van der Waals surface area contributed by atoms with Gasteiger partial charge in [0.05, 0.1) is 6.04 Å².